The van der Waals surface area contributed by atoms with E-state index in [2.05, 4.69) is 31.9 Å². The summed E-state index contributed by atoms with van der Waals surface area (Å²) in [5.74, 6) is -0.178. The Balaban J connectivity index is 1.87. The third-order valence-corrected chi connectivity index (χ3v) is 3.81. The third-order valence-electron chi connectivity index (χ3n) is 2.70. The van der Waals surface area contributed by atoms with Gasteiger partial charge in [0, 0.05) is 4.47 Å². The zero-order valence-corrected chi connectivity index (χ0v) is 12.6. The van der Waals surface area contributed by atoms with Crippen molar-refractivity contribution in [2.45, 2.75) is 25.0 Å². The van der Waals surface area contributed by atoms with Gasteiger partial charge in [-0.15, -0.1) is 0 Å². The molecule has 4 nitrogen and oxygen atoms in total. The molecule has 1 aliphatic heterocycles. The number of benzene rings is 1. The minimum absolute atomic E-state index is 0.151. The maximum atomic E-state index is 10.7. The standard InChI is InChI=1S/C12H12Br2O4/c13-7-1-3-10(9(14)5-7)17-6-8-2-4-11(18-8)12(15)16/h1,3,5,8,11H,2,4,6H2,(H,15,16). The Kier molecular flexibility index (Phi) is 4.64. The first kappa shape index (κ1) is 13.8. The first-order chi connectivity index (χ1) is 8.56. The summed E-state index contributed by atoms with van der Waals surface area (Å²) in [6.07, 6.45) is 0.421. The number of aliphatic carboxylic acids is 1. The zero-order valence-electron chi connectivity index (χ0n) is 9.44. The molecule has 2 atom stereocenters. The summed E-state index contributed by atoms with van der Waals surface area (Å²) in [4.78, 5) is 10.7. The van der Waals surface area contributed by atoms with Crippen molar-refractivity contribution >= 4 is 37.8 Å². The number of hydrogen-bond donors (Lipinski definition) is 1. The molecule has 1 fully saturated rings. The average Bonchev–Trinajstić information content (AvgIpc) is 2.76. The van der Waals surface area contributed by atoms with Crippen LogP contribution in [0.25, 0.3) is 0 Å². The highest BCUT2D eigenvalue weighted by atomic mass is 79.9. The van der Waals surface area contributed by atoms with Crippen LogP contribution in [0.3, 0.4) is 0 Å². The number of ether oxygens (including phenoxy) is 2. The first-order valence-corrected chi connectivity index (χ1v) is 7.11. The molecule has 0 saturated carbocycles. The topological polar surface area (TPSA) is 55.8 Å². The zero-order chi connectivity index (χ0) is 13.1. The second kappa shape index (κ2) is 6.04. The van der Waals surface area contributed by atoms with Gasteiger partial charge < -0.3 is 14.6 Å². The Labute approximate surface area is 122 Å². The predicted octanol–water partition coefficient (Wildman–Crippen LogP) is 3.22. The summed E-state index contributed by atoms with van der Waals surface area (Å²) in [5, 5.41) is 8.81. The number of carbonyl (C=O) groups is 1. The minimum atomic E-state index is -0.901. The lowest BCUT2D eigenvalue weighted by atomic mass is 10.2. The summed E-state index contributed by atoms with van der Waals surface area (Å²) < 4.78 is 12.8. The number of halogens is 2. The van der Waals surface area contributed by atoms with Gasteiger partial charge in [0.1, 0.15) is 12.4 Å². The van der Waals surface area contributed by atoms with Gasteiger partial charge in [0.25, 0.3) is 0 Å². The normalized spacial score (nSPS) is 23.0. The summed E-state index contributed by atoms with van der Waals surface area (Å²) in [5.41, 5.74) is 0. The van der Waals surface area contributed by atoms with Crippen LogP contribution in [0.5, 0.6) is 5.75 Å². The molecular weight excluding hydrogens is 368 g/mol. The van der Waals surface area contributed by atoms with Crippen molar-refractivity contribution in [1.29, 1.82) is 0 Å². The molecule has 0 amide bonds. The molecule has 2 unspecified atom stereocenters. The molecule has 18 heavy (non-hydrogen) atoms. The van der Waals surface area contributed by atoms with Gasteiger partial charge in [-0.25, -0.2) is 4.79 Å². The molecule has 1 heterocycles. The fraction of sp³-hybridized carbons (Fsp3) is 0.417. The second-order valence-electron chi connectivity index (χ2n) is 4.05. The molecule has 98 valence electrons. The van der Waals surface area contributed by atoms with Crippen LogP contribution in [-0.2, 0) is 9.53 Å². The largest absolute Gasteiger partial charge is 0.490 e. The minimum Gasteiger partial charge on any atom is -0.490 e. The highest BCUT2D eigenvalue weighted by molar-refractivity contribution is 9.11. The van der Waals surface area contributed by atoms with E-state index >= 15 is 0 Å². The SMILES string of the molecule is O=C(O)C1CCC(COc2ccc(Br)cc2Br)O1. The van der Waals surface area contributed by atoms with Crippen LogP contribution in [0.15, 0.2) is 27.1 Å². The van der Waals surface area contributed by atoms with E-state index in [4.69, 9.17) is 14.6 Å². The highest BCUT2D eigenvalue weighted by Gasteiger charge is 2.30. The van der Waals surface area contributed by atoms with Gasteiger partial charge in [-0.1, -0.05) is 15.9 Å². The molecule has 0 aliphatic carbocycles. The predicted molar refractivity (Wildman–Crippen MR) is 72.9 cm³/mol. The third kappa shape index (κ3) is 3.46. The monoisotopic (exact) mass is 378 g/mol. The molecule has 2 rings (SSSR count). The molecule has 6 heteroatoms. The smallest absolute Gasteiger partial charge is 0.332 e. The van der Waals surface area contributed by atoms with E-state index in [-0.39, 0.29) is 6.10 Å². The Hall–Kier alpha value is -0.590. The van der Waals surface area contributed by atoms with E-state index in [1.54, 1.807) is 0 Å². The van der Waals surface area contributed by atoms with Gasteiger partial charge in [0.05, 0.1) is 10.6 Å². The van der Waals surface area contributed by atoms with Crippen LogP contribution >= 0.6 is 31.9 Å². The first-order valence-electron chi connectivity index (χ1n) is 5.52. The number of carboxylic acids is 1. The van der Waals surface area contributed by atoms with Gasteiger partial charge in [-0.2, -0.15) is 0 Å². The van der Waals surface area contributed by atoms with Crippen molar-refractivity contribution in [1.82, 2.24) is 0 Å². The number of hydrogen-bond acceptors (Lipinski definition) is 3. The number of carboxylic acid groups (broad SMARTS) is 1. The molecule has 0 radical (unpaired) electrons. The molecule has 1 aromatic carbocycles. The lowest BCUT2D eigenvalue weighted by molar-refractivity contribution is -0.149. The van der Waals surface area contributed by atoms with Gasteiger partial charge >= 0.3 is 5.97 Å². The molecule has 1 saturated heterocycles. The van der Waals surface area contributed by atoms with E-state index in [0.717, 1.165) is 14.7 Å². The van der Waals surface area contributed by atoms with Crippen LogP contribution in [0.1, 0.15) is 12.8 Å². The second-order valence-corrected chi connectivity index (χ2v) is 5.82. The average molecular weight is 380 g/mol. The van der Waals surface area contributed by atoms with Gasteiger partial charge in [-0.05, 0) is 47.0 Å². The lowest BCUT2D eigenvalue weighted by Crippen LogP contribution is -2.23. The van der Waals surface area contributed by atoms with Gasteiger partial charge in [-0.3, -0.25) is 0 Å². The van der Waals surface area contributed by atoms with Crippen LogP contribution in [0.2, 0.25) is 0 Å². The van der Waals surface area contributed by atoms with Crippen molar-refractivity contribution in [2.24, 2.45) is 0 Å². The van der Waals surface area contributed by atoms with E-state index in [1.165, 1.54) is 0 Å². The Morgan fingerprint density at radius 1 is 1.44 bits per heavy atom. The Morgan fingerprint density at radius 2 is 2.22 bits per heavy atom. The van der Waals surface area contributed by atoms with Crippen molar-refractivity contribution in [3.8, 4) is 5.75 Å². The van der Waals surface area contributed by atoms with Crippen molar-refractivity contribution in [3.63, 3.8) is 0 Å². The van der Waals surface area contributed by atoms with E-state index in [0.29, 0.717) is 19.4 Å². The van der Waals surface area contributed by atoms with E-state index in [9.17, 15) is 4.79 Å². The quantitative estimate of drug-likeness (QED) is 0.872. The molecule has 0 bridgehead atoms. The van der Waals surface area contributed by atoms with Crippen LogP contribution < -0.4 is 4.74 Å². The van der Waals surface area contributed by atoms with E-state index in [1.807, 2.05) is 18.2 Å². The van der Waals surface area contributed by atoms with Crippen LogP contribution in [0.4, 0.5) is 0 Å². The van der Waals surface area contributed by atoms with Crippen molar-refractivity contribution < 1.29 is 19.4 Å². The molecule has 1 aliphatic rings. The summed E-state index contributed by atoms with van der Waals surface area (Å²) in [6.45, 7) is 0.365. The summed E-state index contributed by atoms with van der Waals surface area (Å²) >= 11 is 6.76. The Morgan fingerprint density at radius 3 is 2.83 bits per heavy atom. The van der Waals surface area contributed by atoms with Crippen LogP contribution in [-0.4, -0.2) is 29.9 Å². The van der Waals surface area contributed by atoms with E-state index < -0.39 is 12.1 Å². The molecule has 0 spiro atoms. The Bertz CT molecular complexity index is 450. The van der Waals surface area contributed by atoms with Crippen LogP contribution in [0, 0.1) is 0 Å². The molecule has 0 aromatic heterocycles. The fourth-order valence-electron chi connectivity index (χ4n) is 1.78. The molecule has 1 aromatic rings. The summed E-state index contributed by atoms with van der Waals surface area (Å²) in [7, 11) is 0. The number of rotatable bonds is 4. The van der Waals surface area contributed by atoms with Crippen molar-refractivity contribution in [2.75, 3.05) is 6.61 Å². The lowest BCUT2D eigenvalue weighted by Gasteiger charge is -2.13. The maximum absolute atomic E-state index is 10.7. The molecular formula is C12H12Br2O4. The van der Waals surface area contributed by atoms with Gasteiger partial charge in [0.2, 0.25) is 0 Å². The summed E-state index contributed by atoms with van der Waals surface area (Å²) in [6, 6.07) is 5.62. The van der Waals surface area contributed by atoms with Gasteiger partial charge in [0.15, 0.2) is 6.10 Å². The maximum Gasteiger partial charge on any atom is 0.332 e. The highest BCUT2D eigenvalue weighted by Crippen LogP contribution is 2.29. The van der Waals surface area contributed by atoms with Crippen molar-refractivity contribution in [3.05, 3.63) is 27.1 Å². The molecule has 1 N–H and O–H groups in total. The fourth-order valence-corrected chi connectivity index (χ4v) is 2.95.